The van der Waals surface area contributed by atoms with Crippen molar-refractivity contribution in [1.29, 1.82) is 0 Å². The van der Waals surface area contributed by atoms with Crippen molar-refractivity contribution in [3.05, 3.63) is 35.6 Å². The van der Waals surface area contributed by atoms with Gasteiger partial charge in [-0.25, -0.2) is 9.18 Å². The molecule has 2 unspecified atom stereocenters. The van der Waals surface area contributed by atoms with E-state index in [1.54, 1.807) is 4.90 Å². The first kappa shape index (κ1) is 22.0. The fourth-order valence-electron chi connectivity index (χ4n) is 3.43. The molecule has 28 heavy (non-hydrogen) atoms. The first-order valence-electron chi connectivity index (χ1n) is 9.61. The van der Waals surface area contributed by atoms with Gasteiger partial charge in [-0.3, -0.25) is 4.79 Å². The summed E-state index contributed by atoms with van der Waals surface area (Å²) < 4.78 is 41.5. The van der Waals surface area contributed by atoms with Crippen LogP contribution in [-0.2, 0) is 10.7 Å². The van der Waals surface area contributed by atoms with Crippen molar-refractivity contribution in [2.24, 2.45) is 11.8 Å². The Morgan fingerprint density at radius 1 is 1.32 bits per heavy atom. The largest absolute Gasteiger partial charge is 0.342 e. The van der Waals surface area contributed by atoms with Crippen molar-refractivity contribution >= 4 is 11.9 Å². The summed E-state index contributed by atoms with van der Waals surface area (Å²) in [6.45, 7) is 5.80. The number of urea groups is 1. The number of benzene rings is 1. The monoisotopic (exact) mass is 399 g/mol. The molecule has 1 aromatic carbocycles. The van der Waals surface area contributed by atoms with Gasteiger partial charge in [-0.15, -0.1) is 0 Å². The summed E-state index contributed by atoms with van der Waals surface area (Å²) in [4.78, 5) is 26.1. The van der Waals surface area contributed by atoms with Crippen LogP contribution in [0.3, 0.4) is 0 Å². The van der Waals surface area contributed by atoms with Crippen molar-refractivity contribution in [2.75, 3.05) is 19.6 Å². The summed E-state index contributed by atoms with van der Waals surface area (Å²) >= 11 is 0. The number of carbonyl (C=O) groups is 2. The van der Waals surface area contributed by atoms with Gasteiger partial charge in [-0.2, -0.15) is 8.78 Å². The number of alkyl halides is 2. The van der Waals surface area contributed by atoms with Gasteiger partial charge in [0.1, 0.15) is 5.82 Å². The minimum absolute atomic E-state index is 0.0610. The lowest BCUT2D eigenvalue weighted by Gasteiger charge is -2.39. The molecule has 0 saturated carbocycles. The lowest BCUT2D eigenvalue weighted by molar-refractivity contribution is -0.136. The molecule has 1 heterocycles. The zero-order chi connectivity index (χ0) is 20.9. The summed E-state index contributed by atoms with van der Waals surface area (Å²) in [5.74, 6) is -4.08. The van der Waals surface area contributed by atoms with Gasteiger partial charge in [0.2, 0.25) is 5.91 Å². The zero-order valence-electron chi connectivity index (χ0n) is 16.5. The van der Waals surface area contributed by atoms with Gasteiger partial charge in [0, 0.05) is 30.6 Å². The van der Waals surface area contributed by atoms with Gasteiger partial charge in [-0.05, 0) is 30.9 Å². The van der Waals surface area contributed by atoms with Crippen LogP contribution in [0.2, 0.25) is 0 Å². The molecular formula is C20H28F3N3O2. The highest BCUT2D eigenvalue weighted by molar-refractivity contribution is 5.78. The van der Waals surface area contributed by atoms with Crippen LogP contribution >= 0.6 is 0 Å². The van der Waals surface area contributed by atoms with E-state index < -0.39 is 29.9 Å². The smallest absolute Gasteiger partial charge is 0.315 e. The highest BCUT2D eigenvalue weighted by Crippen LogP contribution is 2.27. The van der Waals surface area contributed by atoms with Gasteiger partial charge >= 0.3 is 6.03 Å². The molecule has 2 N–H and O–H groups in total. The first-order chi connectivity index (χ1) is 13.1. The number of nitrogens with zero attached hydrogens (tertiary/aromatic N) is 1. The van der Waals surface area contributed by atoms with E-state index in [0.29, 0.717) is 19.5 Å². The van der Waals surface area contributed by atoms with E-state index >= 15 is 0 Å². The Labute approximate surface area is 163 Å². The predicted octanol–water partition coefficient (Wildman–Crippen LogP) is 3.50. The van der Waals surface area contributed by atoms with Crippen LogP contribution in [0.25, 0.3) is 0 Å². The Hall–Kier alpha value is -2.25. The number of likely N-dealkylation sites (tertiary alicyclic amines) is 1. The predicted molar refractivity (Wildman–Crippen MR) is 100 cm³/mol. The van der Waals surface area contributed by atoms with E-state index in [1.165, 1.54) is 6.07 Å². The summed E-state index contributed by atoms with van der Waals surface area (Å²) in [5.41, 5.74) is -0.486. The van der Waals surface area contributed by atoms with Crippen LogP contribution in [0.1, 0.15) is 39.2 Å². The SMILES string of the molecule is CCC1CN(C(=O)C(C)C)CCC1NC(=O)NCC(F)(F)c1cccc(F)c1. The third-order valence-electron chi connectivity index (χ3n) is 5.10. The van der Waals surface area contributed by atoms with E-state index in [0.717, 1.165) is 24.6 Å². The number of rotatable bonds is 6. The van der Waals surface area contributed by atoms with Crippen LogP contribution < -0.4 is 10.6 Å². The van der Waals surface area contributed by atoms with Crippen LogP contribution in [-0.4, -0.2) is 42.5 Å². The van der Waals surface area contributed by atoms with Crippen molar-refractivity contribution < 1.29 is 22.8 Å². The maximum absolute atomic E-state index is 14.2. The quantitative estimate of drug-likeness (QED) is 0.769. The van der Waals surface area contributed by atoms with Crippen LogP contribution in [0, 0.1) is 17.7 Å². The Morgan fingerprint density at radius 3 is 2.64 bits per heavy atom. The molecule has 2 atom stereocenters. The Kier molecular flexibility index (Phi) is 7.32. The number of carbonyl (C=O) groups excluding carboxylic acids is 2. The minimum Gasteiger partial charge on any atom is -0.342 e. The second-order valence-electron chi connectivity index (χ2n) is 7.54. The molecular weight excluding hydrogens is 371 g/mol. The van der Waals surface area contributed by atoms with Crippen LogP contribution in [0.4, 0.5) is 18.0 Å². The number of amides is 3. The van der Waals surface area contributed by atoms with Crippen molar-refractivity contribution in [2.45, 2.75) is 45.6 Å². The summed E-state index contributed by atoms with van der Waals surface area (Å²) in [6, 6.07) is 3.29. The Balaban J connectivity index is 1.89. The molecule has 0 aromatic heterocycles. The third-order valence-corrected chi connectivity index (χ3v) is 5.10. The standard InChI is InChI=1S/C20H28F3N3O2/c1-4-14-11-26(18(27)13(2)3)9-8-17(14)25-19(28)24-12-20(22,23)15-6-5-7-16(21)10-15/h5-7,10,13-14,17H,4,8-9,11-12H2,1-3H3,(H2,24,25,28). The van der Waals surface area contributed by atoms with E-state index in [4.69, 9.17) is 0 Å². The number of nitrogens with one attached hydrogen (secondary N) is 2. The fraction of sp³-hybridized carbons (Fsp3) is 0.600. The van der Waals surface area contributed by atoms with E-state index in [2.05, 4.69) is 10.6 Å². The van der Waals surface area contributed by atoms with E-state index in [-0.39, 0.29) is 23.8 Å². The molecule has 0 radical (unpaired) electrons. The van der Waals surface area contributed by atoms with E-state index in [9.17, 15) is 22.8 Å². The summed E-state index contributed by atoms with van der Waals surface area (Å²) in [7, 11) is 0. The summed E-state index contributed by atoms with van der Waals surface area (Å²) in [6.07, 6.45) is 1.33. The maximum atomic E-state index is 14.2. The molecule has 0 bridgehead atoms. The van der Waals surface area contributed by atoms with Crippen molar-refractivity contribution in [1.82, 2.24) is 15.5 Å². The molecule has 1 aliphatic heterocycles. The average molecular weight is 399 g/mol. The third kappa shape index (κ3) is 5.62. The average Bonchev–Trinajstić information content (AvgIpc) is 2.66. The Morgan fingerprint density at radius 2 is 2.04 bits per heavy atom. The molecule has 5 nitrogen and oxygen atoms in total. The molecule has 156 valence electrons. The Bertz CT molecular complexity index is 697. The van der Waals surface area contributed by atoms with Crippen LogP contribution in [0.15, 0.2) is 24.3 Å². The molecule has 0 aliphatic carbocycles. The maximum Gasteiger partial charge on any atom is 0.315 e. The van der Waals surface area contributed by atoms with Crippen molar-refractivity contribution in [3.8, 4) is 0 Å². The molecule has 1 aromatic rings. The minimum atomic E-state index is -3.38. The molecule has 8 heteroatoms. The molecule has 1 aliphatic rings. The number of hydrogen-bond acceptors (Lipinski definition) is 2. The second kappa shape index (κ2) is 9.30. The number of piperidine rings is 1. The van der Waals surface area contributed by atoms with Crippen molar-refractivity contribution in [3.63, 3.8) is 0 Å². The topological polar surface area (TPSA) is 61.4 Å². The second-order valence-corrected chi connectivity index (χ2v) is 7.54. The highest BCUT2D eigenvalue weighted by atomic mass is 19.3. The lowest BCUT2D eigenvalue weighted by atomic mass is 9.89. The molecule has 1 saturated heterocycles. The lowest BCUT2D eigenvalue weighted by Crippen LogP contribution is -2.55. The van der Waals surface area contributed by atoms with Gasteiger partial charge < -0.3 is 15.5 Å². The fourth-order valence-corrected chi connectivity index (χ4v) is 3.43. The number of hydrogen-bond donors (Lipinski definition) is 2. The van der Waals surface area contributed by atoms with Gasteiger partial charge in [0.25, 0.3) is 5.92 Å². The van der Waals surface area contributed by atoms with Gasteiger partial charge in [-0.1, -0.05) is 32.9 Å². The van der Waals surface area contributed by atoms with Gasteiger partial charge in [0.15, 0.2) is 0 Å². The highest BCUT2D eigenvalue weighted by Gasteiger charge is 2.34. The summed E-state index contributed by atoms with van der Waals surface area (Å²) in [5, 5.41) is 4.93. The molecule has 2 rings (SSSR count). The first-order valence-corrected chi connectivity index (χ1v) is 9.61. The number of halogens is 3. The zero-order valence-corrected chi connectivity index (χ0v) is 16.5. The molecule has 1 fully saturated rings. The molecule has 0 spiro atoms. The van der Waals surface area contributed by atoms with Crippen LogP contribution in [0.5, 0.6) is 0 Å². The van der Waals surface area contributed by atoms with Gasteiger partial charge in [0.05, 0.1) is 6.54 Å². The van der Waals surface area contributed by atoms with E-state index in [1.807, 2.05) is 20.8 Å². The molecule has 3 amide bonds. The normalized spacial score (nSPS) is 20.2.